The molecule has 0 saturated carbocycles. The maximum absolute atomic E-state index is 2.32. The molecule has 2 nitrogen and oxygen atoms in total. The minimum atomic E-state index is 1.26. The summed E-state index contributed by atoms with van der Waals surface area (Å²) in [6, 6.07) is 22.1. The molecule has 4 aromatic carbocycles. The first kappa shape index (κ1) is 14.8. The van der Waals surface area contributed by atoms with Gasteiger partial charge in [-0.1, -0.05) is 48.5 Å². The molecule has 4 aromatic rings. The summed E-state index contributed by atoms with van der Waals surface area (Å²) in [6.07, 6.45) is 0. The fourth-order valence-electron chi connectivity index (χ4n) is 3.68. The van der Waals surface area contributed by atoms with Crippen LogP contribution in [0.15, 0.2) is 60.7 Å². The van der Waals surface area contributed by atoms with Gasteiger partial charge >= 0.3 is 0 Å². The fraction of sp³-hybridized carbons (Fsp3) is 0.182. The van der Waals surface area contributed by atoms with Gasteiger partial charge in [0.15, 0.2) is 0 Å². The van der Waals surface area contributed by atoms with Gasteiger partial charge in [-0.05, 0) is 33.7 Å². The van der Waals surface area contributed by atoms with Gasteiger partial charge in [-0.2, -0.15) is 0 Å². The Morgan fingerprint density at radius 3 is 1.29 bits per heavy atom. The van der Waals surface area contributed by atoms with Crippen LogP contribution in [0.2, 0.25) is 0 Å². The van der Waals surface area contributed by atoms with Crippen molar-refractivity contribution in [2.45, 2.75) is 0 Å². The second-order valence-electron chi connectivity index (χ2n) is 6.77. The lowest BCUT2D eigenvalue weighted by Gasteiger charge is -2.21. The third-order valence-electron chi connectivity index (χ3n) is 4.78. The summed E-state index contributed by atoms with van der Waals surface area (Å²) < 4.78 is 0. The molecule has 0 unspecified atom stereocenters. The van der Waals surface area contributed by atoms with E-state index in [2.05, 4.69) is 98.7 Å². The second-order valence-corrected chi connectivity index (χ2v) is 6.77. The van der Waals surface area contributed by atoms with Gasteiger partial charge in [0.2, 0.25) is 0 Å². The standard InChI is InChI=1S/C22H22N2/c1-23(2)20-13-15-14-21(24(3)4)17-10-6-8-12-19(17)22(15)18-11-7-5-9-16(18)20/h5-14H,1-4H3. The molecule has 0 saturated heterocycles. The van der Waals surface area contributed by atoms with E-state index in [1.165, 1.54) is 43.7 Å². The third kappa shape index (κ3) is 2.10. The Hall–Kier alpha value is -2.74. The fourth-order valence-corrected chi connectivity index (χ4v) is 3.68. The molecule has 0 aliphatic rings. The van der Waals surface area contributed by atoms with Crippen LogP contribution in [-0.4, -0.2) is 28.2 Å². The third-order valence-corrected chi connectivity index (χ3v) is 4.78. The number of hydrogen-bond donors (Lipinski definition) is 0. The molecule has 120 valence electrons. The molecule has 0 N–H and O–H groups in total. The Labute approximate surface area is 142 Å². The molecule has 0 spiro atoms. The van der Waals surface area contributed by atoms with Crippen LogP contribution in [0.3, 0.4) is 0 Å². The van der Waals surface area contributed by atoms with Crippen molar-refractivity contribution in [3.05, 3.63) is 60.7 Å². The van der Waals surface area contributed by atoms with E-state index in [9.17, 15) is 0 Å². The summed E-state index contributed by atoms with van der Waals surface area (Å²) in [4.78, 5) is 4.40. The minimum absolute atomic E-state index is 1.26. The number of fused-ring (bicyclic) bond motifs is 5. The zero-order valence-electron chi connectivity index (χ0n) is 14.7. The van der Waals surface area contributed by atoms with Crippen LogP contribution in [0.25, 0.3) is 32.3 Å². The lowest BCUT2D eigenvalue weighted by Crippen LogP contribution is -2.10. The zero-order valence-corrected chi connectivity index (χ0v) is 14.7. The molecule has 0 radical (unpaired) electrons. The summed E-state index contributed by atoms with van der Waals surface area (Å²) in [5, 5.41) is 7.88. The maximum atomic E-state index is 2.32. The van der Waals surface area contributed by atoms with E-state index in [0.29, 0.717) is 0 Å². The monoisotopic (exact) mass is 314 g/mol. The summed E-state index contributed by atoms with van der Waals surface area (Å²) in [7, 11) is 8.45. The van der Waals surface area contributed by atoms with Gasteiger partial charge in [0.05, 0.1) is 0 Å². The maximum Gasteiger partial charge on any atom is 0.0447 e. The smallest absolute Gasteiger partial charge is 0.0447 e. The Bertz CT molecular complexity index is 979. The Balaban J connectivity index is 2.30. The Morgan fingerprint density at radius 1 is 0.542 bits per heavy atom. The highest BCUT2D eigenvalue weighted by Gasteiger charge is 2.13. The minimum Gasteiger partial charge on any atom is -0.377 e. The van der Waals surface area contributed by atoms with Gasteiger partial charge in [-0.25, -0.2) is 0 Å². The van der Waals surface area contributed by atoms with Crippen molar-refractivity contribution in [2.24, 2.45) is 0 Å². The van der Waals surface area contributed by atoms with Gasteiger partial charge < -0.3 is 9.80 Å². The molecule has 0 heterocycles. The molecule has 0 fully saturated rings. The van der Waals surface area contributed by atoms with Crippen molar-refractivity contribution in [3.8, 4) is 0 Å². The normalized spacial score (nSPS) is 11.3. The van der Waals surface area contributed by atoms with Crippen LogP contribution < -0.4 is 9.80 Å². The summed E-state index contributed by atoms with van der Waals surface area (Å²) >= 11 is 0. The van der Waals surface area contributed by atoms with E-state index >= 15 is 0 Å². The average molecular weight is 314 g/mol. The molecule has 0 bridgehead atoms. The molecule has 0 atom stereocenters. The van der Waals surface area contributed by atoms with E-state index in [-0.39, 0.29) is 0 Å². The van der Waals surface area contributed by atoms with Crippen LogP contribution in [0.5, 0.6) is 0 Å². The first-order valence-electron chi connectivity index (χ1n) is 8.30. The predicted molar refractivity (Wildman–Crippen MR) is 108 cm³/mol. The van der Waals surface area contributed by atoms with Gasteiger partial charge in [0.1, 0.15) is 0 Å². The molecule has 0 aliphatic carbocycles. The van der Waals surface area contributed by atoms with Crippen molar-refractivity contribution < 1.29 is 0 Å². The van der Waals surface area contributed by atoms with Gasteiger partial charge in [0.25, 0.3) is 0 Å². The Morgan fingerprint density at radius 2 is 0.917 bits per heavy atom. The highest BCUT2D eigenvalue weighted by molar-refractivity contribution is 6.25. The highest BCUT2D eigenvalue weighted by Crippen LogP contribution is 2.40. The van der Waals surface area contributed by atoms with Crippen LogP contribution in [-0.2, 0) is 0 Å². The molecular weight excluding hydrogens is 292 g/mol. The Kier molecular flexibility index (Phi) is 3.34. The highest BCUT2D eigenvalue weighted by atomic mass is 15.1. The van der Waals surface area contributed by atoms with Gasteiger partial charge in [-0.15, -0.1) is 0 Å². The van der Waals surface area contributed by atoms with Gasteiger partial charge in [-0.3, -0.25) is 0 Å². The molecule has 2 heteroatoms. The van der Waals surface area contributed by atoms with Crippen molar-refractivity contribution in [1.29, 1.82) is 0 Å². The second kappa shape index (κ2) is 5.41. The molecule has 0 amide bonds. The van der Waals surface area contributed by atoms with Crippen molar-refractivity contribution in [1.82, 2.24) is 0 Å². The number of anilines is 2. The average Bonchev–Trinajstić information content (AvgIpc) is 2.59. The summed E-state index contributed by atoms with van der Waals surface area (Å²) in [6.45, 7) is 0. The molecule has 24 heavy (non-hydrogen) atoms. The van der Waals surface area contributed by atoms with E-state index < -0.39 is 0 Å². The lowest BCUT2D eigenvalue weighted by molar-refractivity contribution is 1.14. The van der Waals surface area contributed by atoms with E-state index in [0.717, 1.165) is 0 Å². The molecule has 4 rings (SSSR count). The van der Waals surface area contributed by atoms with Crippen molar-refractivity contribution in [3.63, 3.8) is 0 Å². The number of rotatable bonds is 2. The summed E-state index contributed by atoms with van der Waals surface area (Å²) in [5.41, 5.74) is 2.52. The summed E-state index contributed by atoms with van der Waals surface area (Å²) in [5.74, 6) is 0. The number of nitrogens with zero attached hydrogens (tertiary/aromatic N) is 2. The first-order chi connectivity index (χ1) is 11.6. The number of benzene rings is 4. The van der Waals surface area contributed by atoms with Crippen molar-refractivity contribution in [2.75, 3.05) is 38.0 Å². The van der Waals surface area contributed by atoms with Crippen molar-refractivity contribution >= 4 is 43.7 Å². The zero-order chi connectivity index (χ0) is 16.8. The van der Waals surface area contributed by atoms with Crippen LogP contribution in [0.4, 0.5) is 11.4 Å². The number of hydrogen-bond acceptors (Lipinski definition) is 2. The predicted octanol–water partition coefficient (Wildman–Crippen LogP) is 5.28. The SMILES string of the molecule is CN(C)c1cc2cc(N(C)C)c3ccccc3c2c2ccccc12. The first-order valence-corrected chi connectivity index (χ1v) is 8.30. The van der Waals surface area contributed by atoms with E-state index in [1.807, 2.05) is 0 Å². The van der Waals surface area contributed by atoms with Crippen LogP contribution in [0.1, 0.15) is 0 Å². The van der Waals surface area contributed by atoms with E-state index in [1.54, 1.807) is 0 Å². The van der Waals surface area contributed by atoms with E-state index in [4.69, 9.17) is 0 Å². The van der Waals surface area contributed by atoms with Crippen LogP contribution >= 0.6 is 0 Å². The largest absolute Gasteiger partial charge is 0.377 e. The molecule has 0 aliphatic heterocycles. The van der Waals surface area contributed by atoms with Crippen LogP contribution in [0, 0.1) is 0 Å². The molecule has 0 aromatic heterocycles. The lowest BCUT2D eigenvalue weighted by atomic mass is 9.94. The van der Waals surface area contributed by atoms with Gasteiger partial charge in [0, 0.05) is 50.3 Å². The quantitative estimate of drug-likeness (QED) is 0.465. The molecular formula is C22H22N2. The topological polar surface area (TPSA) is 6.48 Å².